The highest BCUT2D eigenvalue weighted by atomic mass is 16.3. The molecule has 0 radical (unpaired) electrons. The molecule has 4 rings (SSSR count). The molecular weight excluding hydrogens is 290 g/mol. The van der Waals surface area contributed by atoms with Gasteiger partial charge in [0.25, 0.3) is 0 Å². The zero-order valence-electron chi connectivity index (χ0n) is 14.1. The molecule has 0 aromatic carbocycles. The molecule has 6 heteroatoms. The second kappa shape index (κ2) is 5.83. The Bertz CT molecular complexity index is 552. The Hall–Kier alpha value is -0.980. The fourth-order valence-electron chi connectivity index (χ4n) is 4.24. The van der Waals surface area contributed by atoms with Crippen molar-refractivity contribution in [2.24, 2.45) is 11.1 Å². The lowest BCUT2D eigenvalue weighted by Crippen LogP contribution is -2.43. The van der Waals surface area contributed by atoms with Gasteiger partial charge in [-0.3, -0.25) is 4.90 Å². The highest BCUT2D eigenvalue weighted by Gasteiger charge is 2.39. The molecule has 6 nitrogen and oxygen atoms in total. The van der Waals surface area contributed by atoms with Crippen LogP contribution < -0.4 is 5.73 Å². The highest BCUT2D eigenvalue weighted by Crippen LogP contribution is 2.43. The Morgan fingerprint density at radius 2 is 2.04 bits per heavy atom. The Kier molecular flexibility index (Phi) is 3.94. The van der Waals surface area contributed by atoms with Crippen LogP contribution >= 0.6 is 0 Å². The summed E-state index contributed by atoms with van der Waals surface area (Å²) in [5.74, 6) is 2.77. The molecule has 3 aliphatic rings. The van der Waals surface area contributed by atoms with Crippen molar-refractivity contribution in [3.63, 3.8) is 0 Å². The van der Waals surface area contributed by atoms with Gasteiger partial charge in [0, 0.05) is 36.6 Å². The van der Waals surface area contributed by atoms with E-state index >= 15 is 0 Å². The van der Waals surface area contributed by atoms with Crippen LogP contribution in [0.5, 0.6) is 0 Å². The number of nitrogens with zero attached hydrogens (tertiary/aromatic N) is 4. The number of rotatable bonds is 7. The minimum atomic E-state index is 0.128. The van der Waals surface area contributed by atoms with Crippen LogP contribution in [0.2, 0.25) is 0 Å². The fourth-order valence-corrected chi connectivity index (χ4v) is 4.24. The molecule has 3 fully saturated rings. The van der Waals surface area contributed by atoms with Gasteiger partial charge in [-0.2, -0.15) is 0 Å². The molecule has 0 aliphatic heterocycles. The van der Waals surface area contributed by atoms with E-state index in [-0.39, 0.29) is 5.41 Å². The second-order valence-electron chi connectivity index (χ2n) is 8.19. The lowest BCUT2D eigenvalue weighted by atomic mass is 9.69. The first-order chi connectivity index (χ1) is 11.1. The summed E-state index contributed by atoms with van der Waals surface area (Å²) in [6.45, 7) is 2.08. The maximum atomic E-state index is 9.67. The number of aliphatic hydroxyl groups excluding tert-OH is 1. The number of hydrogen-bond acceptors (Lipinski definition) is 5. The summed E-state index contributed by atoms with van der Waals surface area (Å²) in [5, 5.41) is 18.7. The SMILES string of the molecule is CN(Cc1nnc(C2CC(N)C2)n1C1CC1)CC1(CO)CCC1. The largest absolute Gasteiger partial charge is 0.396 e. The number of nitrogens with two attached hydrogens (primary N) is 1. The number of aliphatic hydroxyl groups is 1. The molecule has 1 aromatic heterocycles. The molecule has 1 aromatic rings. The standard InChI is InChI=1S/C17H29N5O/c1-21(10-17(11-23)5-2-6-17)9-15-19-20-16(12-7-13(18)8-12)22(15)14-3-4-14/h12-14,23H,2-11,18H2,1H3. The maximum absolute atomic E-state index is 9.67. The van der Waals surface area contributed by atoms with Gasteiger partial charge >= 0.3 is 0 Å². The van der Waals surface area contributed by atoms with Gasteiger partial charge in [0.1, 0.15) is 11.6 Å². The van der Waals surface area contributed by atoms with Crippen molar-refractivity contribution >= 4 is 0 Å². The summed E-state index contributed by atoms with van der Waals surface area (Å²) in [7, 11) is 2.14. The molecule has 1 heterocycles. The predicted octanol–water partition coefficient (Wildman–Crippen LogP) is 1.41. The van der Waals surface area contributed by atoms with Crippen molar-refractivity contribution in [2.45, 2.75) is 69.5 Å². The van der Waals surface area contributed by atoms with E-state index in [0.717, 1.165) is 50.4 Å². The molecule has 0 atom stereocenters. The first kappa shape index (κ1) is 15.5. The van der Waals surface area contributed by atoms with Gasteiger partial charge in [0.2, 0.25) is 0 Å². The molecule has 0 bridgehead atoms. The van der Waals surface area contributed by atoms with E-state index < -0.39 is 0 Å². The van der Waals surface area contributed by atoms with Gasteiger partial charge in [0.05, 0.1) is 6.54 Å². The second-order valence-corrected chi connectivity index (χ2v) is 8.19. The smallest absolute Gasteiger partial charge is 0.147 e. The fraction of sp³-hybridized carbons (Fsp3) is 0.882. The first-order valence-corrected chi connectivity index (χ1v) is 9.09. The van der Waals surface area contributed by atoms with Crippen LogP contribution in [0.4, 0.5) is 0 Å². The van der Waals surface area contributed by atoms with E-state index in [1.54, 1.807) is 0 Å². The van der Waals surface area contributed by atoms with Crippen molar-refractivity contribution in [1.29, 1.82) is 0 Å². The van der Waals surface area contributed by atoms with Crippen LogP contribution in [0, 0.1) is 5.41 Å². The van der Waals surface area contributed by atoms with Gasteiger partial charge < -0.3 is 15.4 Å². The van der Waals surface area contributed by atoms with Crippen molar-refractivity contribution in [3.8, 4) is 0 Å². The molecule has 0 amide bonds. The van der Waals surface area contributed by atoms with Gasteiger partial charge in [-0.25, -0.2) is 0 Å². The van der Waals surface area contributed by atoms with Gasteiger partial charge in [-0.1, -0.05) is 6.42 Å². The third-order valence-electron chi connectivity index (χ3n) is 6.01. The average molecular weight is 319 g/mol. The quantitative estimate of drug-likeness (QED) is 0.794. The summed E-state index contributed by atoms with van der Waals surface area (Å²) >= 11 is 0. The molecule has 0 saturated heterocycles. The Morgan fingerprint density at radius 3 is 2.57 bits per heavy atom. The highest BCUT2D eigenvalue weighted by molar-refractivity contribution is 5.12. The van der Waals surface area contributed by atoms with Crippen molar-refractivity contribution in [1.82, 2.24) is 19.7 Å². The third kappa shape index (κ3) is 2.92. The topological polar surface area (TPSA) is 80.2 Å². The van der Waals surface area contributed by atoms with Crippen LogP contribution in [-0.2, 0) is 6.54 Å². The minimum Gasteiger partial charge on any atom is -0.396 e. The average Bonchev–Trinajstić information content (AvgIpc) is 3.21. The van der Waals surface area contributed by atoms with E-state index in [1.807, 2.05) is 0 Å². The van der Waals surface area contributed by atoms with Crippen LogP contribution in [0.1, 0.15) is 68.6 Å². The summed E-state index contributed by atoms with van der Waals surface area (Å²) in [5.41, 5.74) is 6.08. The van der Waals surface area contributed by atoms with Gasteiger partial charge in [-0.05, 0) is 45.6 Å². The molecule has 23 heavy (non-hydrogen) atoms. The van der Waals surface area contributed by atoms with E-state index in [9.17, 15) is 5.11 Å². The summed E-state index contributed by atoms with van der Waals surface area (Å²) < 4.78 is 2.40. The Labute approximate surface area is 138 Å². The minimum absolute atomic E-state index is 0.128. The Balaban J connectivity index is 1.46. The molecule has 128 valence electrons. The summed E-state index contributed by atoms with van der Waals surface area (Å²) in [6, 6.07) is 0.953. The molecule has 0 unspecified atom stereocenters. The van der Waals surface area contributed by atoms with Crippen molar-refractivity contribution < 1.29 is 5.11 Å². The molecule has 3 N–H and O–H groups in total. The third-order valence-corrected chi connectivity index (χ3v) is 6.01. The normalized spacial score (nSPS) is 29.4. The van der Waals surface area contributed by atoms with E-state index in [1.165, 1.54) is 19.3 Å². The van der Waals surface area contributed by atoms with Gasteiger partial charge in [0.15, 0.2) is 0 Å². The summed E-state index contributed by atoms with van der Waals surface area (Å²) in [4.78, 5) is 2.31. The van der Waals surface area contributed by atoms with Crippen LogP contribution in [-0.4, -0.2) is 51.0 Å². The number of hydrogen-bond donors (Lipinski definition) is 2. The summed E-state index contributed by atoms with van der Waals surface area (Å²) in [6.07, 6.45) is 8.15. The van der Waals surface area contributed by atoms with E-state index in [4.69, 9.17) is 5.73 Å². The monoisotopic (exact) mass is 319 g/mol. The van der Waals surface area contributed by atoms with E-state index in [0.29, 0.717) is 24.6 Å². The molecule has 3 aliphatic carbocycles. The number of aromatic nitrogens is 3. The zero-order valence-corrected chi connectivity index (χ0v) is 14.1. The zero-order chi connectivity index (χ0) is 16.0. The van der Waals surface area contributed by atoms with Crippen LogP contribution in [0.3, 0.4) is 0 Å². The van der Waals surface area contributed by atoms with Crippen molar-refractivity contribution in [2.75, 3.05) is 20.2 Å². The Morgan fingerprint density at radius 1 is 1.30 bits per heavy atom. The first-order valence-electron chi connectivity index (χ1n) is 9.09. The molecule has 3 saturated carbocycles. The lowest BCUT2D eigenvalue weighted by Gasteiger charge is -2.42. The van der Waals surface area contributed by atoms with Crippen LogP contribution in [0.15, 0.2) is 0 Å². The van der Waals surface area contributed by atoms with Crippen molar-refractivity contribution in [3.05, 3.63) is 11.6 Å². The molecule has 0 spiro atoms. The van der Waals surface area contributed by atoms with Gasteiger partial charge in [-0.15, -0.1) is 10.2 Å². The maximum Gasteiger partial charge on any atom is 0.147 e. The van der Waals surface area contributed by atoms with Crippen LogP contribution in [0.25, 0.3) is 0 Å². The lowest BCUT2D eigenvalue weighted by molar-refractivity contribution is 0.0119. The molecular formula is C17H29N5O. The predicted molar refractivity (Wildman–Crippen MR) is 87.9 cm³/mol. The van der Waals surface area contributed by atoms with E-state index in [2.05, 4.69) is 26.7 Å².